The van der Waals surface area contributed by atoms with Gasteiger partial charge in [-0.1, -0.05) is 60.7 Å². The van der Waals surface area contributed by atoms with E-state index in [1.165, 1.54) is 10.4 Å². The molecule has 8 heteroatoms. The zero-order valence-electron chi connectivity index (χ0n) is 16.6. The first-order valence-corrected chi connectivity index (χ1v) is 11.6. The van der Waals surface area contributed by atoms with Gasteiger partial charge in [-0.2, -0.15) is 5.10 Å². The molecule has 0 saturated heterocycles. The van der Waals surface area contributed by atoms with Crippen LogP contribution in [0.4, 0.5) is 5.13 Å². The molecule has 1 amide bonds. The Morgan fingerprint density at radius 2 is 1.87 bits per heavy atom. The van der Waals surface area contributed by atoms with Gasteiger partial charge in [0.1, 0.15) is 11.4 Å². The zero-order chi connectivity index (χ0) is 21.2. The highest BCUT2D eigenvalue weighted by molar-refractivity contribution is 9.10. The second-order valence-corrected chi connectivity index (χ2v) is 9.29. The summed E-state index contributed by atoms with van der Waals surface area (Å²) in [5, 5.41) is 10.7. The molecule has 1 aliphatic rings. The number of carbonyl (C=O) groups is 1. The number of thiazole rings is 1. The van der Waals surface area contributed by atoms with Crippen LogP contribution in [0.15, 0.2) is 65.1 Å². The molecular weight excluding hydrogens is 474 g/mol. The number of halogens is 1. The van der Waals surface area contributed by atoms with Gasteiger partial charge in [-0.05, 0) is 21.5 Å². The van der Waals surface area contributed by atoms with Gasteiger partial charge >= 0.3 is 0 Å². The van der Waals surface area contributed by atoms with Crippen LogP contribution in [0.5, 0.6) is 0 Å². The number of hydrogen-bond acceptors (Lipinski definition) is 5. The Morgan fingerprint density at radius 3 is 2.65 bits per heavy atom. The van der Waals surface area contributed by atoms with Crippen LogP contribution in [-0.2, 0) is 19.5 Å². The van der Waals surface area contributed by atoms with Crippen molar-refractivity contribution >= 4 is 38.3 Å². The Hall–Kier alpha value is -2.81. The third kappa shape index (κ3) is 4.32. The fraction of sp³-hybridized carbons (Fsp3) is 0.174. The summed E-state index contributed by atoms with van der Waals surface area (Å²) in [5.74, 6) is -0.256. The number of H-pyrrole nitrogens is 1. The molecular formula is C23H20BrN5OS. The number of aromatic amines is 1. The van der Waals surface area contributed by atoms with Crippen molar-refractivity contribution in [1.29, 1.82) is 0 Å². The number of amides is 1. The quantitative estimate of drug-likeness (QED) is 0.405. The molecule has 0 atom stereocenters. The van der Waals surface area contributed by atoms with Gasteiger partial charge in [-0.25, -0.2) is 4.98 Å². The lowest BCUT2D eigenvalue weighted by molar-refractivity contribution is 0.102. The van der Waals surface area contributed by atoms with E-state index in [2.05, 4.69) is 65.6 Å². The van der Waals surface area contributed by atoms with E-state index in [9.17, 15) is 4.79 Å². The molecule has 0 bridgehead atoms. The smallest absolute Gasteiger partial charge is 0.276 e. The van der Waals surface area contributed by atoms with Crippen LogP contribution < -0.4 is 5.32 Å². The van der Waals surface area contributed by atoms with Gasteiger partial charge in [0, 0.05) is 36.5 Å². The summed E-state index contributed by atoms with van der Waals surface area (Å²) in [4.78, 5) is 21.1. The van der Waals surface area contributed by atoms with Gasteiger partial charge in [0.15, 0.2) is 5.13 Å². The topological polar surface area (TPSA) is 73.9 Å². The number of nitrogens with zero attached hydrogens (tertiary/aromatic N) is 3. The Balaban J connectivity index is 1.28. The fourth-order valence-corrected chi connectivity index (χ4v) is 5.34. The summed E-state index contributed by atoms with van der Waals surface area (Å²) >= 11 is 5.07. The van der Waals surface area contributed by atoms with Crippen molar-refractivity contribution in [3.8, 4) is 11.3 Å². The second kappa shape index (κ2) is 8.74. The molecule has 0 spiro atoms. The predicted octanol–water partition coefficient (Wildman–Crippen LogP) is 5.11. The van der Waals surface area contributed by atoms with E-state index < -0.39 is 0 Å². The molecule has 31 heavy (non-hydrogen) atoms. The lowest BCUT2D eigenvalue weighted by Gasteiger charge is -2.25. The molecule has 2 aromatic heterocycles. The standard InChI is InChI=1S/C23H20BrN5OS/c24-19-20(16-9-5-2-6-10-16)27-28-21(19)22(30)26-23-25-17-11-12-29(14-18(17)31-23)13-15-7-3-1-4-8-15/h1-10H,11-14H2,(H,27,28)(H,25,26,30). The Kier molecular flexibility index (Phi) is 5.67. The molecule has 6 nitrogen and oxygen atoms in total. The minimum Gasteiger partial charge on any atom is -0.296 e. The zero-order valence-corrected chi connectivity index (χ0v) is 19.0. The molecule has 0 saturated carbocycles. The van der Waals surface area contributed by atoms with Crippen LogP contribution in [0, 0.1) is 0 Å². The first-order chi connectivity index (χ1) is 15.2. The van der Waals surface area contributed by atoms with Gasteiger partial charge in [0.05, 0.1) is 10.2 Å². The van der Waals surface area contributed by atoms with E-state index >= 15 is 0 Å². The lowest BCUT2D eigenvalue weighted by atomic mass is 10.1. The van der Waals surface area contributed by atoms with E-state index in [4.69, 9.17) is 0 Å². The van der Waals surface area contributed by atoms with Crippen molar-refractivity contribution < 1.29 is 4.79 Å². The number of fused-ring (bicyclic) bond motifs is 1. The maximum absolute atomic E-state index is 12.8. The van der Waals surface area contributed by atoms with Crippen molar-refractivity contribution in [3.63, 3.8) is 0 Å². The Labute approximate surface area is 192 Å². The molecule has 4 aromatic rings. The van der Waals surface area contributed by atoms with Crippen LogP contribution in [-0.4, -0.2) is 32.5 Å². The minimum absolute atomic E-state index is 0.256. The highest BCUT2D eigenvalue weighted by Gasteiger charge is 2.23. The lowest BCUT2D eigenvalue weighted by Crippen LogP contribution is -2.29. The number of benzene rings is 2. The van der Waals surface area contributed by atoms with Crippen molar-refractivity contribution in [2.24, 2.45) is 0 Å². The van der Waals surface area contributed by atoms with Crippen LogP contribution in [0.1, 0.15) is 26.6 Å². The van der Waals surface area contributed by atoms with E-state index in [1.807, 2.05) is 36.4 Å². The summed E-state index contributed by atoms with van der Waals surface area (Å²) in [6, 6.07) is 20.2. The molecule has 1 aliphatic heterocycles. The molecule has 2 N–H and O–H groups in total. The third-order valence-corrected chi connectivity index (χ3v) is 7.03. The Bertz CT molecular complexity index is 1210. The number of hydrogen-bond donors (Lipinski definition) is 2. The summed E-state index contributed by atoms with van der Waals surface area (Å²) in [7, 11) is 0. The largest absolute Gasteiger partial charge is 0.296 e. The molecule has 3 heterocycles. The number of anilines is 1. The monoisotopic (exact) mass is 493 g/mol. The summed E-state index contributed by atoms with van der Waals surface area (Å²) in [6.07, 6.45) is 0.889. The maximum Gasteiger partial charge on any atom is 0.276 e. The van der Waals surface area contributed by atoms with Crippen molar-refractivity contribution in [2.75, 3.05) is 11.9 Å². The maximum atomic E-state index is 12.8. The highest BCUT2D eigenvalue weighted by Crippen LogP contribution is 2.31. The Morgan fingerprint density at radius 1 is 1.13 bits per heavy atom. The predicted molar refractivity (Wildman–Crippen MR) is 126 cm³/mol. The molecule has 0 unspecified atom stereocenters. The van der Waals surface area contributed by atoms with Crippen molar-refractivity contribution in [1.82, 2.24) is 20.1 Å². The first-order valence-electron chi connectivity index (χ1n) is 10.0. The third-order valence-electron chi connectivity index (χ3n) is 5.26. The average molecular weight is 494 g/mol. The van der Waals surface area contributed by atoms with Crippen LogP contribution in [0.3, 0.4) is 0 Å². The SMILES string of the molecule is O=C(Nc1nc2c(s1)CN(Cc1ccccc1)CC2)c1[nH]nc(-c2ccccc2)c1Br. The molecule has 5 rings (SSSR count). The van der Waals surface area contributed by atoms with E-state index in [-0.39, 0.29) is 5.91 Å². The average Bonchev–Trinajstić information content (AvgIpc) is 3.37. The number of carbonyl (C=O) groups excluding carboxylic acids is 1. The van der Waals surface area contributed by atoms with E-state index in [0.717, 1.165) is 37.3 Å². The van der Waals surface area contributed by atoms with Crippen LogP contribution in [0.25, 0.3) is 11.3 Å². The van der Waals surface area contributed by atoms with Crippen molar-refractivity contribution in [3.05, 3.63) is 87.0 Å². The number of rotatable bonds is 5. The number of aromatic nitrogens is 3. The first kappa shape index (κ1) is 20.1. The minimum atomic E-state index is -0.256. The van der Waals surface area contributed by atoms with Crippen LogP contribution >= 0.6 is 27.3 Å². The molecule has 2 aromatic carbocycles. The van der Waals surface area contributed by atoms with Gasteiger partial charge < -0.3 is 0 Å². The summed E-state index contributed by atoms with van der Waals surface area (Å²) in [5.41, 5.74) is 4.42. The molecule has 0 aliphatic carbocycles. The van der Waals surface area contributed by atoms with Crippen LogP contribution in [0.2, 0.25) is 0 Å². The fourth-order valence-electron chi connectivity index (χ4n) is 3.70. The highest BCUT2D eigenvalue weighted by atomic mass is 79.9. The van der Waals surface area contributed by atoms with E-state index in [0.29, 0.717) is 21.0 Å². The second-order valence-electron chi connectivity index (χ2n) is 7.42. The normalized spacial score (nSPS) is 13.7. The number of nitrogens with one attached hydrogen (secondary N) is 2. The van der Waals surface area contributed by atoms with Gasteiger partial charge in [0.25, 0.3) is 5.91 Å². The summed E-state index contributed by atoms with van der Waals surface area (Å²) < 4.78 is 0.645. The van der Waals surface area contributed by atoms with E-state index in [1.54, 1.807) is 11.3 Å². The van der Waals surface area contributed by atoms with Crippen molar-refractivity contribution in [2.45, 2.75) is 19.5 Å². The molecule has 0 radical (unpaired) electrons. The molecule has 0 fully saturated rings. The summed E-state index contributed by atoms with van der Waals surface area (Å²) in [6.45, 7) is 2.73. The van der Waals surface area contributed by atoms with Gasteiger partial charge in [-0.3, -0.25) is 20.1 Å². The van der Waals surface area contributed by atoms with Gasteiger partial charge in [0.2, 0.25) is 0 Å². The molecule has 156 valence electrons. The van der Waals surface area contributed by atoms with Gasteiger partial charge in [-0.15, -0.1) is 11.3 Å².